The van der Waals surface area contributed by atoms with Crippen LogP contribution in [0.15, 0.2) is 47.9 Å². The molecule has 1 N–H and O–H groups in total. The van der Waals surface area contributed by atoms with Crippen LogP contribution < -0.4 is 5.32 Å². The predicted molar refractivity (Wildman–Crippen MR) is 115 cm³/mol. The Balaban J connectivity index is 1.32. The minimum absolute atomic E-state index is 0.0284. The van der Waals surface area contributed by atoms with Crippen LogP contribution in [0.25, 0.3) is 22.4 Å². The van der Waals surface area contributed by atoms with Crippen LogP contribution in [0, 0.1) is 6.92 Å². The molecular formula is C21H22N6O2S. The maximum Gasteiger partial charge on any atom is 0.230 e. The molecule has 30 heavy (non-hydrogen) atoms. The van der Waals surface area contributed by atoms with Crippen molar-refractivity contribution in [3.8, 4) is 11.3 Å². The van der Waals surface area contributed by atoms with Crippen LogP contribution in [0.5, 0.6) is 0 Å². The van der Waals surface area contributed by atoms with Crippen molar-refractivity contribution in [1.82, 2.24) is 29.5 Å². The van der Waals surface area contributed by atoms with Crippen LogP contribution in [0.4, 0.5) is 0 Å². The molecule has 0 aliphatic carbocycles. The zero-order valence-corrected chi connectivity index (χ0v) is 17.4. The summed E-state index contributed by atoms with van der Waals surface area (Å²) in [6.07, 6.45) is 5.97. The summed E-state index contributed by atoms with van der Waals surface area (Å²) in [6.45, 7) is 3.42. The van der Waals surface area contributed by atoms with E-state index >= 15 is 0 Å². The molecule has 3 aromatic heterocycles. The maximum atomic E-state index is 12.2. The summed E-state index contributed by atoms with van der Waals surface area (Å²) in [7, 11) is 0. The first kappa shape index (κ1) is 19.1. The van der Waals surface area contributed by atoms with E-state index in [2.05, 4.69) is 51.8 Å². The van der Waals surface area contributed by atoms with Gasteiger partial charge in [-0.2, -0.15) is 5.10 Å². The number of thioether (sulfide) groups is 1. The van der Waals surface area contributed by atoms with Gasteiger partial charge in [-0.3, -0.25) is 9.20 Å². The van der Waals surface area contributed by atoms with Gasteiger partial charge in [-0.15, -0.1) is 10.2 Å². The van der Waals surface area contributed by atoms with Crippen molar-refractivity contribution in [2.75, 3.05) is 18.9 Å². The Morgan fingerprint density at radius 3 is 2.93 bits per heavy atom. The fourth-order valence-electron chi connectivity index (χ4n) is 3.57. The number of ether oxygens (including phenoxy) is 1. The highest BCUT2D eigenvalue weighted by atomic mass is 32.2. The first-order chi connectivity index (χ1) is 14.7. The van der Waals surface area contributed by atoms with Gasteiger partial charge in [-0.1, -0.05) is 41.6 Å². The lowest BCUT2D eigenvalue weighted by Gasteiger charge is -2.10. The molecule has 154 valence electrons. The first-order valence-corrected chi connectivity index (χ1v) is 11.0. The number of amides is 1. The van der Waals surface area contributed by atoms with E-state index in [1.165, 1.54) is 17.3 Å². The molecule has 4 aromatic rings. The number of rotatable bonds is 6. The molecule has 1 aliphatic heterocycles. The van der Waals surface area contributed by atoms with Gasteiger partial charge in [0.2, 0.25) is 5.91 Å². The largest absolute Gasteiger partial charge is 0.376 e. The molecule has 1 saturated heterocycles. The Labute approximate surface area is 177 Å². The lowest BCUT2D eigenvalue weighted by molar-refractivity contribution is -0.119. The molecule has 1 amide bonds. The average Bonchev–Trinajstić information content (AvgIpc) is 3.50. The smallest absolute Gasteiger partial charge is 0.230 e. The molecule has 4 heterocycles. The fourth-order valence-corrected chi connectivity index (χ4v) is 4.32. The number of hydrogen-bond donors (Lipinski definition) is 1. The van der Waals surface area contributed by atoms with Gasteiger partial charge < -0.3 is 10.1 Å². The number of aryl methyl sites for hydroxylation is 1. The first-order valence-electron chi connectivity index (χ1n) is 9.98. The molecule has 1 aliphatic rings. The molecule has 5 rings (SSSR count). The number of benzene rings is 1. The highest BCUT2D eigenvalue weighted by Gasteiger charge is 2.17. The van der Waals surface area contributed by atoms with Gasteiger partial charge in [0.25, 0.3) is 0 Å². The second-order valence-electron chi connectivity index (χ2n) is 7.43. The van der Waals surface area contributed by atoms with E-state index in [1.54, 1.807) is 0 Å². The van der Waals surface area contributed by atoms with Crippen LogP contribution >= 0.6 is 11.8 Å². The SMILES string of the molecule is Cc1ccc(-c2cc3c4nnc(SCC(=O)NCC5CCCO5)n4ccn3n2)cc1. The monoisotopic (exact) mass is 422 g/mol. The minimum atomic E-state index is -0.0284. The number of carbonyl (C=O) groups excluding carboxylic acids is 1. The van der Waals surface area contributed by atoms with E-state index < -0.39 is 0 Å². The van der Waals surface area contributed by atoms with Crippen molar-refractivity contribution in [2.45, 2.75) is 31.0 Å². The summed E-state index contributed by atoms with van der Waals surface area (Å²) >= 11 is 1.37. The predicted octanol–water partition coefficient (Wildman–Crippen LogP) is 2.74. The molecule has 0 radical (unpaired) electrons. The lowest BCUT2D eigenvalue weighted by atomic mass is 10.1. The standard InChI is InChI=1S/C21H22N6O2S/c1-14-4-6-15(7-5-14)17-11-18-20-23-24-21(26(20)8-9-27(18)25-17)30-13-19(28)22-12-16-3-2-10-29-16/h4-9,11,16H,2-3,10,12-13H2,1H3,(H,22,28). The Morgan fingerprint density at radius 2 is 2.13 bits per heavy atom. The fraction of sp³-hybridized carbons (Fsp3) is 0.333. The highest BCUT2D eigenvalue weighted by Crippen LogP contribution is 2.24. The lowest BCUT2D eigenvalue weighted by Crippen LogP contribution is -2.32. The summed E-state index contributed by atoms with van der Waals surface area (Å²) in [4.78, 5) is 12.2. The normalized spacial score (nSPS) is 16.5. The van der Waals surface area contributed by atoms with E-state index in [0.29, 0.717) is 17.3 Å². The van der Waals surface area contributed by atoms with E-state index in [-0.39, 0.29) is 17.8 Å². The Hall–Kier alpha value is -2.91. The van der Waals surface area contributed by atoms with Crippen molar-refractivity contribution in [3.63, 3.8) is 0 Å². The summed E-state index contributed by atoms with van der Waals surface area (Å²) in [5, 5.41) is 16.9. The van der Waals surface area contributed by atoms with E-state index in [9.17, 15) is 4.79 Å². The van der Waals surface area contributed by atoms with Crippen LogP contribution in [0.2, 0.25) is 0 Å². The van der Waals surface area contributed by atoms with Gasteiger partial charge in [-0.05, 0) is 25.8 Å². The molecule has 0 spiro atoms. The summed E-state index contributed by atoms with van der Waals surface area (Å²) in [6, 6.07) is 10.3. The Kier molecular flexibility index (Phi) is 5.14. The maximum absolute atomic E-state index is 12.2. The van der Waals surface area contributed by atoms with Crippen molar-refractivity contribution in [2.24, 2.45) is 0 Å². The molecule has 1 atom stereocenters. The van der Waals surface area contributed by atoms with Crippen LogP contribution in [-0.4, -0.2) is 55.1 Å². The number of fused-ring (bicyclic) bond motifs is 3. The number of nitrogens with one attached hydrogen (secondary N) is 1. The molecule has 1 aromatic carbocycles. The Bertz CT molecular complexity index is 1190. The van der Waals surface area contributed by atoms with E-state index in [0.717, 1.165) is 36.2 Å². The quantitative estimate of drug-likeness (QED) is 0.481. The number of nitrogens with zero attached hydrogens (tertiary/aromatic N) is 5. The second kappa shape index (κ2) is 8.08. The topological polar surface area (TPSA) is 85.8 Å². The number of aromatic nitrogens is 5. The van der Waals surface area contributed by atoms with Gasteiger partial charge in [0, 0.05) is 31.1 Å². The number of hydrogen-bond acceptors (Lipinski definition) is 6. The van der Waals surface area contributed by atoms with Crippen LogP contribution in [0.3, 0.4) is 0 Å². The summed E-state index contributed by atoms with van der Waals surface area (Å²) in [5.41, 5.74) is 4.73. The van der Waals surface area contributed by atoms with Gasteiger partial charge in [0.15, 0.2) is 10.8 Å². The highest BCUT2D eigenvalue weighted by molar-refractivity contribution is 7.99. The molecule has 0 saturated carbocycles. The minimum Gasteiger partial charge on any atom is -0.376 e. The third-order valence-electron chi connectivity index (χ3n) is 5.22. The molecule has 9 heteroatoms. The molecule has 1 unspecified atom stereocenters. The zero-order chi connectivity index (χ0) is 20.5. The van der Waals surface area contributed by atoms with Crippen molar-refractivity contribution < 1.29 is 9.53 Å². The van der Waals surface area contributed by atoms with Crippen molar-refractivity contribution >= 4 is 28.8 Å². The van der Waals surface area contributed by atoms with Gasteiger partial charge in [0.1, 0.15) is 5.52 Å². The Morgan fingerprint density at radius 1 is 1.27 bits per heavy atom. The molecule has 1 fully saturated rings. The van der Waals surface area contributed by atoms with Crippen LogP contribution in [0.1, 0.15) is 18.4 Å². The molecular weight excluding hydrogens is 400 g/mol. The van der Waals surface area contributed by atoms with Crippen molar-refractivity contribution in [1.29, 1.82) is 0 Å². The van der Waals surface area contributed by atoms with Crippen molar-refractivity contribution in [3.05, 3.63) is 48.3 Å². The van der Waals surface area contributed by atoms with Gasteiger partial charge >= 0.3 is 0 Å². The van der Waals surface area contributed by atoms with E-state index in [4.69, 9.17) is 4.74 Å². The van der Waals surface area contributed by atoms with Crippen LogP contribution in [-0.2, 0) is 9.53 Å². The second-order valence-corrected chi connectivity index (χ2v) is 8.37. The summed E-state index contributed by atoms with van der Waals surface area (Å²) in [5.74, 6) is 0.256. The number of carbonyl (C=O) groups is 1. The molecule has 0 bridgehead atoms. The van der Waals surface area contributed by atoms with E-state index in [1.807, 2.05) is 27.4 Å². The third kappa shape index (κ3) is 3.78. The third-order valence-corrected chi connectivity index (χ3v) is 6.16. The average molecular weight is 423 g/mol. The van der Waals surface area contributed by atoms with Gasteiger partial charge in [-0.25, -0.2) is 4.52 Å². The molecule has 8 nitrogen and oxygen atoms in total. The summed E-state index contributed by atoms with van der Waals surface area (Å²) < 4.78 is 9.24. The van der Waals surface area contributed by atoms with Gasteiger partial charge in [0.05, 0.1) is 17.6 Å². The zero-order valence-electron chi connectivity index (χ0n) is 16.6.